The SMILES string of the molecule is O=C(c1ccsc1)c1ccc(CNS(=O)(=O)C2CCCCC2)s1. The van der Waals surface area contributed by atoms with Crippen LogP contribution in [0.2, 0.25) is 0 Å². The maximum Gasteiger partial charge on any atom is 0.214 e. The van der Waals surface area contributed by atoms with Crippen molar-refractivity contribution in [2.45, 2.75) is 43.9 Å². The van der Waals surface area contributed by atoms with Gasteiger partial charge in [-0.3, -0.25) is 4.79 Å². The maximum absolute atomic E-state index is 12.3. The van der Waals surface area contributed by atoms with Crippen molar-refractivity contribution in [2.75, 3.05) is 0 Å². The second kappa shape index (κ2) is 7.25. The molecule has 1 N–H and O–H groups in total. The predicted molar refractivity (Wildman–Crippen MR) is 94.7 cm³/mol. The van der Waals surface area contributed by atoms with E-state index in [-0.39, 0.29) is 17.6 Å². The molecule has 3 rings (SSSR count). The van der Waals surface area contributed by atoms with Crippen molar-refractivity contribution in [3.05, 3.63) is 44.3 Å². The molecule has 1 fully saturated rings. The smallest absolute Gasteiger partial charge is 0.214 e. The Morgan fingerprint density at radius 1 is 1.17 bits per heavy atom. The molecule has 0 aliphatic heterocycles. The first-order valence-corrected chi connectivity index (χ1v) is 11.0. The van der Waals surface area contributed by atoms with E-state index in [4.69, 9.17) is 0 Å². The lowest BCUT2D eigenvalue weighted by atomic mass is 10.0. The monoisotopic (exact) mass is 369 g/mol. The molecule has 2 heterocycles. The normalized spacial score (nSPS) is 16.5. The van der Waals surface area contributed by atoms with Gasteiger partial charge in [0.25, 0.3) is 0 Å². The minimum atomic E-state index is -3.26. The number of sulfonamides is 1. The van der Waals surface area contributed by atoms with Crippen LogP contribution in [-0.4, -0.2) is 19.5 Å². The Labute approximate surface area is 144 Å². The molecule has 0 amide bonds. The van der Waals surface area contributed by atoms with E-state index in [1.54, 1.807) is 12.1 Å². The molecule has 1 aliphatic rings. The minimum absolute atomic E-state index is 0.00219. The van der Waals surface area contributed by atoms with Gasteiger partial charge in [-0.15, -0.1) is 11.3 Å². The van der Waals surface area contributed by atoms with Crippen molar-refractivity contribution < 1.29 is 13.2 Å². The summed E-state index contributed by atoms with van der Waals surface area (Å²) in [5.74, 6) is -0.00219. The molecule has 0 spiro atoms. The van der Waals surface area contributed by atoms with Crippen LogP contribution in [-0.2, 0) is 16.6 Å². The Bertz CT molecular complexity index is 756. The van der Waals surface area contributed by atoms with Gasteiger partial charge in [-0.05, 0) is 36.4 Å². The minimum Gasteiger partial charge on any atom is -0.288 e. The average Bonchev–Trinajstić information content (AvgIpc) is 3.25. The fraction of sp³-hybridized carbons (Fsp3) is 0.438. The Morgan fingerprint density at radius 3 is 2.65 bits per heavy atom. The van der Waals surface area contributed by atoms with Crippen LogP contribution < -0.4 is 4.72 Å². The first-order valence-electron chi connectivity index (χ1n) is 7.70. The molecule has 124 valence electrons. The summed E-state index contributed by atoms with van der Waals surface area (Å²) in [5.41, 5.74) is 0.686. The van der Waals surface area contributed by atoms with Crippen LogP contribution in [0.3, 0.4) is 0 Å². The van der Waals surface area contributed by atoms with Gasteiger partial charge in [0, 0.05) is 22.4 Å². The lowest BCUT2D eigenvalue weighted by Crippen LogP contribution is -2.35. The fourth-order valence-corrected chi connectivity index (χ4v) is 5.98. The molecule has 0 bridgehead atoms. The highest BCUT2D eigenvalue weighted by molar-refractivity contribution is 7.90. The summed E-state index contributed by atoms with van der Waals surface area (Å²) in [7, 11) is -3.26. The molecule has 0 aromatic carbocycles. The van der Waals surface area contributed by atoms with Gasteiger partial charge in [0.15, 0.2) is 0 Å². The van der Waals surface area contributed by atoms with Crippen molar-refractivity contribution in [2.24, 2.45) is 0 Å². The molecule has 0 radical (unpaired) electrons. The van der Waals surface area contributed by atoms with Crippen LogP contribution >= 0.6 is 22.7 Å². The topological polar surface area (TPSA) is 63.2 Å². The van der Waals surface area contributed by atoms with Crippen molar-refractivity contribution in [1.82, 2.24) is 4.72 Å². The number of rotatable bonds is 6. The lowest BCUT2D eigenvalue weighted by Gasteiger charge is -2.21. The summed E-state index contributed by atoms with van der Waals surface area (Å²) in [6.45, 7) is 0.264. The third kappa shape index (κ3) is 4.09. The standard InChI is InChI=1S/C16H19NO3S3/c18-16(12-8-9-21-11-12)15-7-6-13(22-15)10-17-23(19,20)14-4-2-1-3-5-14/h6-9,11,14,17H,1-5,10H2. The summed E-state index contributed by atoms with van der Waals surface area (Å²) < 4.78 is 27.3. The van der Waals surface area contributed by atoms with Gasteiger partial charge in [0.1, 0.15) is 0 Å². The van der Waals surface area contributed by atoms with E-state index in [1.807, 2.05) is 16.8 Å². The van der Waals surface area contributed by atoms with E-state index < -0.39 is 10.0 Å². The Morgan fingerprint density at radius 2 is 1.96 bits per heavy atom. The highest BCUT2D eigenvalue weighted by Gasteiger charge is 2.26. The molecule has 7 heteroatoms. The zero-order valence-electron chi connectivity index (χ0n) is 12.7. The van der Waals surface area contributed by atoms with Crippen LogP contribution in [0.1, 0.15) is 52.2 Å². The summed E-state index contributed by atoms with van der Waals surface area (Å²) in [4.78, 5) is 13.8. The fourth-order valence-electron chi connectivity index (χ4n) is 2.80. The molecule has 0 unspecified atom stereocenters. The number of nitrogens with one attached hydrogen (secondary N) is 1. The van der Waals surface area contributed by atoms with Gasteiger partial charge in [0.05, 0.1) is 10.1 Å². The van der Waals surface area contributed by atoms with Gasteiger partial charge in [0.2, 0.25) is 15.8 Å². The number of hydrogen-bond donors (Lipinski definition) is 1. The molecular weight excluding hydrogens is 350 g/mol. The zero-order chi connectivity index (χ0) is 16.3. The van der Waals surface area contributed by atoms with Crippen LogP contribution in [0, 0.1) is 0 Å². The summed E-state index contributed by atoms with van der Waals surface area (Å²) >= 11 is 2.85. The third-order valence-corrected chi connectivity index (χ3v) is 7.77. The third-order valence-electron chi connectivity index (χ3n) is 4.11. The van der Waals surface area contributed by atoms with Gasteiger partial charge < -0.3 is 0 Å². The highest BCUT2D eigenvalue weighted by Crippen LogP contribution is 2.24. The van der Waals surface area contributed by atoms with Gasteiger partial charge >= 0.3 is 0 Å². The van der Waals surface area contributed by atoms with Crippen molar-refractivity contribution >= 4 is 38.5 Å². The second-order valence-electron chi connectivity index (χ2n) is 5.73. The lowest BCUT2D eigenvalue weighted by molar-refractivity contribution is 0.104. The predicted octanol–water partition coefficient (Wildman–Crippen LogP) is 3.79. The van der Waals surface area contributed by atoms with E-state index in [0.717, 1.165) is 37.0 Å². The summed E-state index contributed by atoms with van der Waals surface area (Å²) in [6.07, 6.45) is 4.61. The Hall–Kier alpha value is -1.02. The zero-order valence-corrected chi connectivity index (χ0v) is 15.1. The number of carbonyl (C=O) groups excluding carboxylic acids is 1. The van der Waals surface area contributed by atoms with Crippen LogP contribution in [0.25, 0.3) is 0 Å². The first kappa shape index (κ1) is 16.8. The molecule has 2 aromatic heterocycles. The molecule has 1 saturated carbocycles. The maximum atomic E-state index is 12.3. The number of ketones is 1. The van der Waals surface area contributed by atoms with Gasteiger partial charge in [-0.25, -0.2) is 13.1 Å². The number of thiophene rings is 2. The van der Waals surface area contributed by atoms with Crippen LogP contribution in [0.5, 0.6) is 0 Å². The first-order chi connectivity index (χ1) is 11.1. The Balaban J connectivity index is 1.62. The quantitative estimate of drug-likeness (QED) is 0.788. The van der Waals surface area contributed by atoms with E-state index in [0.29, 0.717) is 10.4 Å². The van der Waals surface area contributed by atoms with E-state index in [2.05, 4.69) is 4.72 Å². The molecule has 2 aromatic rings. The van der Waals surface area contributed by atoms with Gasteiger partial charge in [-0.1, -0.05) is 19.3 Å². The summed E-state index contributed by atoms with van der Waals surface area (Å²) in [5, 5.41) is 3.44. The molecular formula is C16H19NO3S3. The molecule has 1 aliphatic carbocycles. The van der Waals surface area contributed by atoms with E-state index in [1.165, 1.54) is 22.7 Å². The number of carbonyl (C=O) groups is 1. The molecule has 4 nitrogen and oxygen atoms in total. The Kier molecular flexibility index (Phi) is 5.31. The highest BCUT2D eigenvalue weighted by atomic mass is 32.2. The van der Waals surface area contributed by atoms with Crippen molar-refractivity contribution in [1.29, 1.82) is 0 Å². The average molecular weight is 370 g/mol. The van der Waals surface area contributed by atoms with E-state index >= 15 is 0 Å². The van der Waals surface area contributed by atoms with Crippen molar-refractivity contribution in [3.63, 3.8) is 0 Å². The molecule has 23 heavy (non-hydrogen) atoms. The summed E-state index contributed by atoms with van der Waals surface area (Å²) in [6, 6.07) is 5.40. The number of hydrogen-bond acceptors (Lipinski definition) is 5. The van der Waals surface area contributed by atoms with Gasteiger partial charge in [-0.2, -0.15) is 11.3 Å². The second-order valence-corrected chi connectivity index (χ2v) is 9.73. The van der Waals surface area contributed by atoms with Crippen LogP contribution in [0.15, 0.2) is 29.0 Å². The van der Waals surface area contributed by atoms with Crippen molar-refractivity contribution in [3.8, 4) is 0 Å². The molecule has 0 saturated heterocycles. The van der Waals surface area contributed by atoms with Crippen LogP contribution in [0.4, 0.5) is 0 Å². The molecule has 0 atom stereocenters. The van der Waals surface area contributed by atoms with E-state index in [9.17, 15) is 13.2 Å². The largest absolute Gasteiger partial charge is 0.288 e.